The smallest absolute Gasteiger partial charge is 0.346 e. The van der Waals surface area contributed by atoms with Crippen LogP contribution in [0.4, 0.5) is 0 Å². The van der Waals surface area contributed by atoms with E-state index >= 15 is 0 Å². The van der Waals surface area contributed by atoms with Crippen molar-refractivity contribution in [3.63, 3.8) is 0 Å². The highest BCUT2D eigenvalue weighted by atomic mass is 16.6. The zero-order chi connectivity index (χ0) is 14.0. The number of hydrogen-bond acceptors (Lipinski definition) is 5. The van der Waals surface area contributed by atoms with Gasteiger partial charge in [0.15, 0.2) is 0 Å². The minimum Gasteiger partial charge on any atom is -0.462 e. The fourth-order valence-electron chi connectivity index (χ4n) is 1.67. The molecule has 0 aromatic heterocycles. The van der Waals surface area contributed by atoms with Gasteiger partial charge < -0.3 is 9.47 Å². The van der Waals surface area contributed by atoms with Crippen molar-refractivity contribution >= 4 is 17.9 Å². The maximum atomic E-state index is 11.4. The zero-order valence-corrected chi connectivity index (χ0v) is 10.4. The van der Waals surface area contributed by atoms with E-state index in [4.69, 9.17) is 4.74 Å². The van der Waals surface area contributed by atoms with Gasteiger partial charge in [0.05, 0.1) is 17.7 Å². The molecule has 98 valence electrons. The van der Waals surface area contributed by atoms with Crippen LogP contribution in [0.1, 0.15) is 33.2 Å². The molecular weight excluding hydrogens is 248 g/mol. The van der Waals surface area contributed by atoms with Gasteiger partial charge >= 0.3 is 17.9 Å². The van der Waals surface area contributed by atoms with Crippen LogP contribution in [-0.4, -0.2) is 24.5 Å². The third kappa shape index (κ3) is 2.70. The Morgan fingerprint density at radius 2 is 1.95 bits per heavy atom. The molecule has 1 aliphatic rings. The minimum absolute atomic E-state index is 0.188. The van der Waals surface area contributed by atoms with Crippen LogP contribution < -0.4 is 0 Å². The maximum Gasteiger partial charge on any atom is 0.346 e. The number of carbonyl (C=O) groups is 3. The summed E-state index contributed by atoms with van der Waals surface area (Å²) in [6.07, 6.45) is 0.452. The minimum atomic E-state index is -0.638. The molecule has 2 rings (SSSR count). The van der Waals surface area contributed by atoms with Gasteiger partial charge in [0, 0.05) is 12.0 Å². The van der Waals surface area contributed by atoms with Gasteiger partial charge in [-0.3, -0.25) is 0 Å². The molecule has 0 radical (unpaired) electrons. The summed E-state index contributed by atoms with van der Waals surface area (Å²) in [7, 11) is 0. The van der Waals surface area contributed by atoms with Gasteiger partial charge in [0.1, 0.15) is 0 Å². The van der Waals surface area contributed by atoms with Gasteiger partial charge in [0.25, 0.3) is 0 Å². The average molecular weight is 260 g/mol. The number of hydrogen-bond donors (Lipinski definition) is 0. The first-order chi connectivity index (χ1) is 8.99. The van der Waals surface area contributed by atoms with Crippen molar-refractivity contribution in [1.29, 1.82) is 0 Å². The van der Waals surface area contributed by atoms with Gasteiger partial charge in [-0.15, -0.1) is 0 Å². The standard InChI is InChI=1S/C14H12O5/c1-8(2)12(15)18-6-5-9-3-4-10-11(7-9)14(17)19-13(10)16/h3-4,7H,1,5-6H2,2H3. The molecule has 0 fully saturated rings. The summed E-state index contributed by atoms with van der Waals surface area (Å²) in [5.74, 6) is -1.71. The van der Waals surface area contributed by atoms with Gasteiger partial charge in [-0.1, -0.05) is 12.6 Å². The summed E-state index contributed by atoms with van der Waals surface area (Å²) >= 11 is 0. The van der Waals surface area contributed by atoms with Gasteiger partial charge in [-0.2, -0.15) is 0 Å². The van der Waals surface area contributed by atoms with Crippen molar-refractivity contribution in [3.8, 4) is 0 Å². The van der Waals surface area contributed by atoms with Crippen LogP contribution in [0.2, 0.25) is 0 Å². The molecule has 5 heteroatoms. The molecule has 0 saturated heterocycles. The summed E-state index contributed by atoms with van der Waals surface area (Å²) in [5.41, 5.74) is 1.66. The Labute approximate surface area is 109 Å². The van der Waals surface area contributed by atoms with E-state index in [2.05, 4.69) is 11.3 Å². The molecule has 1 aromatic carbocycles. The van der Waals surface area contributed by atoms with Crippen LogP contribution in [0.5, 0.6) is 0 Å². The Morgan fingerprint density at radius 3 is 2.63 bits per heavy atom. The van der Waals surface area contributed by atoms with Crippen molar-refractivity contribution < 1.29 is 23.9 Å². The van der Waals surface area contributed by atoms with Crippen molar-refractivity contribution in [2.75, 3.05) is 6.61 Å². The predicted molar refractivity (Wildman–Crippen MR) is 65.7 cm³/mol. The number of ether oxygens (including phenoxy) is 2. The predicted octanol–water partition coefficient (Wildman–Crippen LogP) is 1.66. The third-order valence-corrected chi connectivity index (χ3v) is 2.68. The monoisotopic (exact) mass is 260 g/mol. The van der Waals surface area contributed by atoms with Crippen molar-refractivity contribution in [3.05, 3.63) is 47.0 Å². The molecular formula is C14H12O5. The summed E-state index contributed by atoms with van der Waals surface area (Å²) < 4.78 is 9.44. The fraction of sp³-hybridized carbons (Fsp3) is 0.214. The van der Waals surface area contributed by atoms with Gasteiger partial charge in [-0.05, 0) is 24.6 Å². The maximum absolute atomic E-state index is 11.4. The molecule has 0 unspecified atom stereocenters. The van der Waals surface area contributed by atoms with E-state index in [1.165, 1.54) is 0 Å². The first kappa shape index (κ1) is 13.0. The summed E-state index contributed by atoms with van der Waals surface area (Å²) in [4.78, 5) is 33.8. The number of fused-ring (bicyclic) bond motifs is 1. The Hall–Kier alpha value is -2.43. The quantitative estimate of drug-likeness (QED) is 0.468. The highest BCUT2D eigenvalue weighted by molar-refractivity contribution is 6.14. The lowest BCUT2D eigenvalue weighted by Crippen LogP contribution is -2.08. The zero-order valence-electron chi connectivity index (χ0n) is 10.4. The molecule has 1 aromatic rings. The van der Waals surface area contributed by atoms with E-state index in [0.717, 1.165) is 5.56 Å². The molecule has 1 heterocycles. The lowest BCUT2D eigenvalue weighted by atomic mass is 10.0. The normalized spacial score (nSPS) is 12.9. The Bertz CT molecular complexity index is 585. The van der Waals surface area contributed by atoms with Crippen molar-refractivity contribution in [2.45, 2.75) is 13.3 Å². The number of rotatable bonds is 4. The SMILES string of the molecule is C=C(C)C(=O)OCCc1ccc2c(c1)C(=O)OC2=O. The van der Waals surface area contributed by atoms with E-state index in [0.29, 0.717) is 12.0 Å². The second-order valence-corrected chi connectivity index (χ2v) is 4.22. The highest BCUT2D eigenvalue weighted by Gasteiger charge is 2.29. The van der Waals surface area contributed by atoms with Crippen molar-refractivity contribution in [1.82, 2.24) is 0 Å². The topological polar surface area (TPSA) is 69.7 Å². The molecule has 0 amide bonds. The number of esters is 3. The van der Waals surface area contributed by atoms with Crippen LogP contribution in [-0.2, 0) is 20.7 Å². The number of carbonyl (C=O) groups excluding carboxylic acids is 3. The molecule has 0 spiro atoms. The van der Waals surface area contributed by atoms with Crippen LogP contribution in [0.15, 0.2) is 30.4 Å². The highest BCUT2D eigenvalue weighted by Crippen LogP contribution is 2.21. The van der Waals surface area contributed by atoms with Crippen LogP contribution in [0, 0.1) is 0 Å². The molecule has 0 atom stereocenters. The van der Waals surface area contributed by atoms with E-state index in [-0.39, 0.29) is 17.7 Å². The second kappa shape index (κ2) is 5.06. The summed E-state index contributed by atoms with van der Waals surface area (Å²) in [6, 6.07) is 4.82. The summed E-state index contributed by atoms with van der Waals surface area (Å²) in [5, 5.41) is 0. The number of benzene rings is 1. The second-order valence-electron chi connectivity index (χ2n) is 4.22. The molecule has 1 aliphatic heterocycles. The Balaban J connectivity index is 2.02. The molecule has 0 bridgehead atoms. The van der Waals surface area contributed by atoms with Crippen LogP contribution in [0.25, 0.3) is 0 Å². The van der Waals surface area contributed by atoms with Crippen LogP contribution >= 0.6 is 0 Å². The Kier molecular flexibility index (Phi) is 3.46. The molecule has 0 saturated carbocycles. The van der Waals surface area contributed by atoms with Crippen molar-refractivity contribution in [2.24, 2.45) is 0 Å². The fourth-order valence-corrected chi connectivity index (χ4v) is 1.67. The van der Waals surface area contributed by atoms with E-state index in [1.807, 2.05) is 0 Å². The van der Waals surface area contributed by atoms with Gasteiger partial charge in [0.2, 0.25) is 0 Å². The van der Waals surface area contributed by atoms with E-state index < -0.39 is 17.9 Å². The van der Waals surface area contributed by atoms with Gasteiger partial charge in [-0.25, -0.2) is 14.4 Å². The molecule has 0 aliphatic carbocycles. The average Bonchev–Trinajstić information content (AvgIpc) is 2.64. The van der Waals surface area contributed by atoms with E-state index in [9.17, 15) is 14.4 Å². The Morgan fingerprint density at radius 1 is 1.26 bits per heavy atom. The molecule has 19 heavy (non-hydrogen) atoms. The van der Waals surface area contributed by atoms with Crippen LogP contribution in [0.3, 0.4) is 0 Å². The lowest BCUT2D eigenvalue weighted by Gasteiger charge is -2.05. The molecule has 5 nitrogen and oxygen atoms in total. The molecule has 0 N–H and O–H groups in total. The first-order valence-corrected chi connectivity index (χ1v) is 5.71. The summed E-state index contributed by atoms with van der Waals surface area (Å²) in [6.45, 7) is 5.23. The number of cyclic esters (lactones) is 2. The van der Waals surface area contributed by atoms with E-state index in [1.54, 1.807) is 25.1 Å². The largest absolute Gasteiger partial charge is 0.462 e. The third-order valence-electron chi connectivity index (χ3n) is 2.68. The lowest BCUT2D eigenvalue weighted by molar-refractivity contribution is -0.138. The first-order valence-electron chi connectivity index (χ1n) is 5.71.